The molecule has 2 aliphatic rings. The summed E-state index contributed by atoms with van der Waals surface area (Å²) in [6.07, 6.45) is 4.89. The fourth-order valence-corrected chi connectivity index (χ4v) is 3.25. The maximum Gasteiger partial charge on any atom is 0.307 e. The van der Waals surface area contributed by atoms with Crippen LogP contribution in [0.3, 0.4) is 0 Å². The first-order valence-corrected chi connectivity index (χ1v) is 7.55. The van der Waals surface area contributed by atoms with Crippen LogP contribution in [0.25, 0.3) is 0 Å². The van der Waals surface area contributed by atoms with Gasteiger partial charge in [0.15, 0.2) is 0 Å². The number of aliphatic carboxylic acids is 1. The van der Waals surface area contributed by atoms with E-state index in [0.29, 0.717) is 32.5 Å². The average Bonchev–Trinajstić information content (AvgIpc) is 2.84. The fourth-order valence-electron chi connectivity index (χ4n) is 3.25. The lowest BCUT2D eigenvalue weighted by Gasteiger charge is -2.43. The number of aryl methyl sites for hydroxylation is 1. The summed E-state index contributed by atoms with van der Waals surface area (Å²) in [4.78, 5) is 25.5. The Bertz CT molecular complexity index is 599. The lowest BCUT2D eigenvalue weighted by atomic mass is 9.72. The maximum absolute atomic E-state index is 12.6. The molecule has 1 aliphatic carbocycles. The van der Waals surface area contributed by atoms with Gasteiger partial charge < -0.3 is 14.7 Å². The van der Waals surface area contributed by atoms with Crippen molar-refractivity contribution in [3.63, 3.8) is 0 Å². The van der Waals surface area contributed by atoms with E-state index in [-0.39, 0.29) is 11.8 Å². The molecule has 3 rings (SSSR count). The van der Waals surface area contributed by atoms with Gasteiger partial charge in [-0.3, -0.25) is 14.3 Å². The van der Waals surface area contributed by atoms with Crippen LogP contribution in [0.1, 0.15) is 25.3 Å². The number of carbonyl (C=O) groups is 2. The monoisotopic (exact) mass is 307 g/mol. The minimum Gasteiger partial charge on any atom is -0.481 e. The molecule has 7 heteroatoms. The van der Waals surface area contributed by atoms with Gasteiger partial charge in [0.2, 0.25) is 5.91 Å². The first kappa shape index (κ1) is 15.0. The number of amides is 1. The molecule has 1 saturated heterocycles. The average molecular weight is 307 g/mol. The van der Waals surface area contributed by atoms with Gasteiger partial charge in [-0.15, -0.1) is 0 Å². The molecule has 1 saturated carbocycles. The predicted octanol–water partition coefficient (Wildman–Crippen LogP) is 0.605. The van der Waals surface area contributed by atoms with Crippen LogP contribution in [0.4, 0.5) is 0 Å². The Kier molecular flexibility index (Phi) is 3.68. The van der Waals surface area contributed by atoms with Gasteiger partial charge in [0, 0.05) is 25.4 Å². The summed E-state index contributed by atoms with van der Waals surface area (Å²) in [5, 5.41) is 13.3. The molecular weight excluding hydrogens is 286 g/mol. The third-order valence-corrected chi connectivity index (χ3v) is 4.81. The summed E-state index contributed by atoms with van der Waals surface area (Å²) in [7, 11) is 1.84. The first-order chi connectivity index (χ1) is 10.4. The van der Waals surface area contributed by atoms with E-state index in [1.165, 1.54) is 0 Å². The highest BCUT2D eigenvalue weighted by atomic mass is 16.5. The largest absolute Gasteiger partial charge is 0.481 e. The van der Waals surface area contributed by atoms with Crippen molar-refractivity contribution in [2.75, 3.05) is 19.7 Å². The Labute approximate surface area is 128 Å². The standard InChI is InChI=1S/C15H21N3O4/c1-15(10-7-16-17(2)8-10)9-18(5-6-22-15)13(19)11-3-4-12(11)14(20)21/h7-8,11-12H,3-6,9H2,1-2H3,(H,20,21). The Morgan fingerprint density at radius 3 is 2.68 bits per heavy atom. The number of carbonyl (C=O) groups excluding carboxylic acids is 1. The zero-order chi connectivity index (χ0) is 15.9. The van der Waals surface area contributed by atoms with Crippen LogP contribution >= 0.6 is 0 Å². The molecule has 1 aliphatic heterocycles. The van der Waals surface area contributed by atoms with Crippen LogP contribution in [0.15, 0.2) is 12.4 Å². The van der Waals surface area contributed by atoms with Crippen molar-refractivity contribution in [2.24, 2.45) is 18.9 Å². The molecule has 0 aromatic carbocycles. The van der Waals surface area contributed by atoms with E-state index < -0.39 is 17.5 Å². The van der Waals surface area contributed by atoms with Crippen molar-refractivity contribution < 1.29 is 19.4 Å². The minimum atomic E-state index is -0.868. The third-order valence-electron chi connectivity index (χ3n) is 4.81. The maximum atomic E-state index is 12.6. The molecule has 0 spiro atoms. The van der Waals surface area contributed by atoms with Crippen molar-refractivity contribution in [3.05, 3.63) is 18.0 Å². The molecule has 1 aromatic heterocycles. The van der Waals surface area contributed by atoms with E-state index in [1.54, 1.807) is 15.8 Å². The van der Waals surface area contributed by atoms with Crippen LogP contribution in [0, 0.1) is 11.8 Å². The molecule has 0 bridgehead atoms. The van der Waals surface area contributed by atoms with E-state index in [9.17, 15) is 9.59 Å². The number of carboxylic acid groups (broad SMARTS) is 1. The molecule has 2 fully saturated rings. The van der Waals surface area contributed by atoms with E-state index in [0.717, 1.165) is 5.56 Å². The SMILES string of the molecule is Cn1cc(C2(C)CN(C(=O)C3CCC3C(=O)O)CCO2)cn1. The van der Waals surface area contributed by atoms with E-state index in [2.05, 4.69) is 5.10 Å². The fraction of sp³-hybridized carbons (Fsp3) is 0.667. The van der Waals surface area contributed by atoms with Crippen LogP contribution in [0.5, 0.6) is 0 Å². The van der Waals surface area contributed by atoms with Gasteiger partial charge in [0.05, 0.1) is 31.2 Å². The number of rotatable bonds is 3. The van der Waals surface area contributed by atoms with Crippen LogP contribution in [0.2, 0.25) is 0 Å². The number of hydrogen-bond acceptors (Lipinski definition) is 4. The molecule has 120 valence electrons. The number of aromatic nitrogens is 2. The highest BCUT2D eigenvalue weighted by molar-refractivity contribution is 5.86. The second kappa shape index (κ2) is 5.39. The van der Waals surface area contributed by atoms with Gasteiger partial charge in [0.25, 0.3) is 0 Å². The molecule has 0 radical (unpaired) electrons. The number of nitrogens with zero attached hydrogens (tertiary/aromatic N) is 3. The quantitative estimate of drug-likeness (QED) is 0.884. The zero-order valence-electron chi connectivity index (χ0n) is 12.9. The minimum absolute atomic E-state index is 0.0583. The number of carboxylic acids is 1. The molecule has 22 heavy (non-hydrogen) atoms. The smallest absolute Gasteiger partial charge is 0.307 e. The van der Waals surface area contributed by atoms with Gasteiger partial charge in [-0.1, -0.05) is 0 Å². The third kappa shape index (κ3) is 2.49. The van der Waals surface area contributed by atoms with Gasteiger partial charge in [-0.05, 0) is 19.8 Å². The van der Waals surface area contributed by atoms with Crippen LogP contribution in [-0.2, 0) is 27.0 Å². The highest BCUT2D eigenvalue weighted by Gasteiger charge is 2.45. The van der Waals surface area contributed by atoms with Gasteiger partial charge >= 0.3 is 5.97 Å². The van der Waals surface area contributed by atoms with Crippen LogP contribution < -0.4 is 0 Å². The van der Waals surface area contributed by atoms with Gasteiger partial charge in [-0.2, -0.15) is 5.10 Å². The van der Waals surface area contributed by atoms with Crippen molar-refractivity contribution in [1.29, 1.82) is 0 Å². The zero-order valence-corrected chi connectivity index (χ0v) is 12.9. The topological polar surface area (TPSA) is 84.7 Å². The number of ether oxygens (including phenoxy) is 1. The predicted molar refractivity (Wildman–Crippen MR) is 76.9 cm³/mol. The summed E-state index contributed by atoms with van der Waals surface area (Å²) >= 11 is 0. The first-order valence-electron chi connectivity index (χ1n) is 7.55. The van der Waals surface area contributed by atoms with Crippen molar-refractivity contribution in [3.8, 4) is 0 Å². The molecular formula is C15H21N3O4. The second-order valence-electron chi connectivity index (χ2n) is 6.37. The summed E-state index contributed by atoms with van der Waals surface area (Å²) < 4.78 is 7.59. The summed E-state index contributed by atoms with van der Waals surface area (Å²) in [6, 6.07) is 0. The van der Waals surface area contributed by atoms with Crippen molar-refractivity contribution in [1.82, 2.24) is 14.7 Å². The molecule has 1 aromatic rings. The van der Waals surface area contributed by atoms with Crippen molar-refractivity contribution in [2.45, 2.75) is 25.4 Å². The molecule has 3 unspecified atom stereocenters. The Morgan fingerprint density at radius 1 is 1.41 bits per heavy atom. The molecule has 3 atom stereocenters. The van der Waals surface area contributed by atoms with E-state index >= 15 is 0 Å². The Balaban J connectivity index is 1.73. The van der Waals surface area contributed by atoms with Crippen molar-refractivity contribution >= 4 is 11.9 Å². The summed E-state index contributed by atoms with van der Waals surface area (Å²) in [5.41, 5.74) is 0.334. The molecule has 1 N–H and O–H groups in total. The summed E-state index contributed by atoms with van der Waals surface area (Å²) in [6.45, 7) is 3.33. The van der Waals surface area contributed by atoms with Gasteiger partial charge in [-0.25, -0.2) is 0 Å². The number of morpholine rings is 1. The Hall–Kier alpha value is -1.89. The highest BCUT2D eigenvalue weighted by Crippen LogP contribution is 2.37. The molecule has 7 nitrogen and oxygen atoms in total. The van der Waals surface area contributed by atoms with Gasteiger partial charge in [0.1, 0.15) is 5.60 Å². The normalized spacial score (nSPS) is 31.6. The molecule has 1 amide bonds. The number of hydrogen-bond donors (Lipinski definition) is 1. The summed E-state index contributed by atoms with van der Waals surface area (Å²) in [5.74, 6) is -1.83. The Morgan fingerprint density at radius 2 is 2.14 bits per heavy atom. The second-order valence-corrected chi connectivity index (χ2v) is 6.37. The van der Waals surface area contributed by atoms with E-state index in [4.69, 9.17) is 9.84 Å². The van der Waals surface area contributed by atoms with E-state index in [1.807, 2.05) is 20.2 Å². The van der Waals surface area contributed by atoms with Crippen LogP contribution in [-0.4, -0.2) is 51.4 Å². The lowest BCUT2D eigenvalue weighted by molar-refractivity contribution is -0.165. The molecule has 2 heterocycles. The lowest BCUT2D eigenvalue weighted by Crippen LogP contribution is -2.54.